The number of aromatic nitrogens is 2. The lowest BCUT2D eigenvalue weighted by Gasteiger charge is -2.07. The highest BCUT2D eigenvalue weighted by molar-refractivity contribution is 7.13. The van der Waals surface area contributed by atoms with E-state index in [9.17, 15) is 4.79 Å². The first kappa shape index (κ1) is 15.5. The minimum atomic E-state index is 0.0412. The average molecular weight is 325 g/mol. The summed E-state index contributed by atoms with van der Waals surface area (Å²) in [6.07, 6.45) is 0.416. The van der Waals surface area contributed by atoms with E-state index in [0.717, 1.165) is 17.0 Å². The van der Waals surface area contributed by atoms with Crippen molar-refractivity contribution in [3.05, 3.63) is 65.2 Å². The van der Waals surface area contributed by atoms with E-state index in [1.54, 1.807) is 11.3 Å². The van der Waals surface area contributed by atoms with Crippen molar-refractivity contribution >= 4 is 17.2 Å². The molecular formula is C18H19N3OS. The molecular weight excluding hydrogens is 306 g/mol. The zero-order valence-corrected chi connectivity index (χ0v) is 13.8. The number of amides is 1. The van der Waals surface area contributed by atoms with Crippen LogP contribution in [0.25, 0.3) is 10.6 Å². The van der Waals surface area contributed by atoms with Crippen LogP contribution in [0, 0.1) is 6.92 Å². The Kier molecular flexibility index (Phi) is 4.88. The summed E-state index contributed by atoms with van der Waals surface area (Å²) in [5.74, 6) is 0.0412. The molecule has 4 nitrogen and oxygen atoms in total. The second kappa shape index (κ2) is 7.24. The number of benzene rings is 1. The van der Waals surface area contributed by atoms with Gasteiger partial charge in [-0.05, 0) is 30.0 Å². The lowest BCUT2D eigenvalue weighted by molar-refractivity contribution is -0.120. The molecule has 1 aromatic carbocycles. The van der Waals surface area contributed by atoms with Gasteiger partial charge in [0.15, 0.2) is 0 Å². The number of carbonyl (C=O) groups is 1. The van der Waals surface area contributed by atoms with Crippen LogP contribution in [0.2, 0.25) is 0 Å². The summed E-state index contributed by atoms with van der Waals surface area (Å²) in [5.41, 5.74) is 3.12. The van der Waals surface area contributed by atoms with Gasteiger partial charge in [-0.2, -0.15) is 5.10 Å². The maximum atomic E-state index is 11.9. The molecule has 3 rings (SSSR count). The Morgan fingerprint density at radius 1 is 1.22 bits per heavy atom. The fourth-order valence-electron chi connectivity index (χ4n) is 2.43. The van der Waals surface area contributed by atoms with Crippen LogP contribution < -0.4 is 5.32 Å². The molecule has 0 spiro atoms. The molecule has 1 amide bonds. The minimum Gasteiger partial charge on any atom is -0.354 e. The number of nitrogens with one attached hydrogen (secondary N) is 1. The van der Waals surface area contributed by atoms with Gasteiger partial charge in [0.2, 0.25) is 5.91 Å². The van der Waals surface area contributed by atoms with E-state index >= 15 is 0 Å². The lowest BCUT2D eigenvalue weighted by Crippen LogP contribution is -2.29. The maximum Gasteiger partial charge on any atom is 0.224 e. The Morgan fingerprint density at radius 3 is 2.78 bits per heavy atom. The van der Waals surface area contributed by atoms with Gasteiger partial charge in [0, 0.05) is 12.2 Å². The molecule has 0 fully saturated rings. The highest BCUT2D eigenvalue weighted by atomic mass is 32.1. The van der Waals surface area contributed by atoms with Crippen LogP contribution in [-0.2, 0) is 17.8 Å². The maximum absolute atomic E-state index is 11.9. The predicted molar refractivity (Wildman–Crippen MR) is 93.4 cm³/mol. The Hall–Kier alpha value is -2.40. The molecule has 2 aromatic heterocycles. The molecule has 0 radical (unpaired) electrons. The van der Waals surface area contributed by atoms with Gasteiger partial charge in [0.05, 0.1) is 17.8 Å². The SMILES string of the molecule is Cc1cc(-c2cccs2)nn1CCNC(=O)Cc1ccccc1. The van der Waals surface area contributed by atoms with Gasteiger partial charge in [0.25, 0.3) is 0 Å². The average Bonchev–Trinajstić information content (AvgIpc) is 3.18. The molecule has 1 N–H and O–H groups in total. The van der Waals surface area contributed by atoms with Crippen molar-refractivity contribution in [1.29, 1.82) is 0 Å². The Morgan fingerprint density at radius 2 is 2.04 bits per heavy atom. The van der Waals surface area contributed by atoms with E-state index in [1.807, 2.05) is 53.4 Å². The minimum absolute atomic E-state index is 0.0412. The number of thiophene rings is 1. The first-order valence-electron chi connectivity index (χ1n) is 7.61. The molecule has 118 valence electrons. The molecule has 0 bridgehead atoms. The fraction of sp³-hybridized carbons (Fsp3) is 0.222. The molecule has 0 saturated heterocycles. The van der Waals surface area contributed by atoms with E-state index in [2.05, 4.69) is 22.5 Å². The van der Waals surface area contributed by atoms with Crippen molar-refractivity contribution in [2.45, 2.75) is 19.9 Å². The molecule has 3 aromatic rings. The Bertz CT molecular complexity index is 763. The third-order valence-electron chi connectivity index (χ3n) is 3.61. The first-order chi connectivity index (χ1) is 11.2. The number of carbonyl (C=O) groups excluding carboxylic acids is 1. The lowest BCUT2D eigenvalue weighted by atomic mass is 10.1. The summed E-state index contributed by atoms with van der Waals surface area (Å²) in [4.78, 5) is 13.1. The highest BCUT2D eigenvalue weighted by Gasteiger charge is 2.08. The van der Waals surface area contributed by atoms with Crippen molar-refractivity contribution in [3.8, 4) is 10.6 Å². The Balaban J connectivity index is 1.52. The van der Waals surface area contributed by atoms with E-state index in [0.29, 0.717) is 19.5 Å². The second-order valence-electron chi connectivity index (χ2n) is 5.38. The smallest absolute Gasteiger partial charge is 0.224 e. The summed E-state index contributed by atoms with van der Waals surface area (Å²) in [6, 6.07) is 15.9. The van der Waals surface area contributed by atoms with Crippen LogP contribution in [0.5, 0.6) is 0 Å². The molecule has 23 heavy (non-hydrogen) atoms. The number of hydrogen-bond donors (Lipinski definition) is 1. The van der Waals surface area contributed by atoms with Gasteiger partial charge in [-0.1, -0.05) is 36.4 Å². The Labute approximate surface area is 139 Å². The summed E-state index contributed by atoms with van der Waals surface area (Å²) in [7, 11) is 0. The van der Waals surface area contributed by atoms with Crippen LogP contribution >= 0.6 is 11.3 Å². The van der Waals surface area contributed by atoms with Crippen molar-refractivity contribution < 1.29 is 4.79 Å². The summed E-state index contributed by atoms with van der Waals surface area (Å²) in [5, 5.41) is 9.61. The monoisotopic (exact) mass is 325 g/mol. The number of nitrogens with zero attached hydrogens (tertiary/aromatic N) is 2. The first-order valence-corrected chi connectivity index (χ1v) is 8.49. The number of hydrogen-bond acceptors (Lipinski definition) is 3. The molecule has 0 saturated carbocycles. The van der Waals surface area contributed by atoms with Gasteiger partial charge in [-0.3, -0.25) is 9.48 Å². The van der Waals surface area contributed by atoms with Crippen molar-refractivity contribution in [3.63, 3.8) is 0 Å². The zero-order valence-electron chi connectivity index (χ0n) is 13.0. The third kappa shape index (κ3) is 4.07. The van der Waals surface area contributed by atoms with E-state index in [1.165, 1.54) is 4.88 Å². The molecule has 5 heteroatoms. The number of rotatable bonds is 6. The number of aryl methyl sites for hydroxylation is 1. The highest BCUT2D eigenvalue weighted by Crippen LogP contribution is 2.23. The predicted octanol–water partition coefficient (Wildman–Crippen LogP) is 3.28. The van der Waals surface area contributed by atoms with Crippen LogP contribution in [0.1, 0.15) is 11.3 Å². The van der Waals surface area contributed by atoms with E-state index in [-0.39, 0.29) is 5.91 Å². The summed E-state index contributed by atoms with van der Waals surface area (Å²) < 4.78 is 1.94. The summed E-state index contributed by atoms with van der Waals surface area (Å²) >= 11 is 1.68. The second-order valence-corrected chi connectivity index (χ2v) is 6.33. The van der Waals surface area contributed by atoms with Gasteiger partial charge < -0.3 is 5.32 Å². The third-order valence-corrected chi connectivity index (χ3v) is 4.50. The summed E-state index contributed by atoms with van der Waals surface area (Å²) in [6.45, 7) is 3.30. The van der Waals surface area contributed by atoms with Gasteiger partial charge in [-0.15, -0.1) is 11.3 Å². The van der Waals surface area contributed by atoms with Crippen LogP contribution in [0.15, 0.2) is 53.9 Å². The quantitative estimate of drug-likeness (QED) is 0.756. The molecule has 2 heterocycles. The van der Waals surface area contributed by atoms with Crippen LogP contribution in [0.3, 0.4) is 0 Å². The molecule has 0 aliphatic rings. The fourth-order valence-corrected chi connectivity index (χ4v) is 3.11. The van der Waals surface area contributed by atoms with Crippen molar-refractivity contribution in [2.24, 2.45) is 0 Å². The van der Waals surface area contributed by atoms with E-state index in [4.69, 9.17) is 0 Å². The standard InChI is InChI=1S/C18H19N3OS/c1-14-12-16(17-8-5-11-23-17)20-21(14)10-9-19-18(22)13-15-6-3-2-4-7-15/h2-8,11-12H,9-10,13H2,1H3,(H,19,22). The van der Waals surface area contributed by atoms with Gasteiger partial charge in [-0.25, -0.2) is 0 Å². The molecule has 0 atom stereocenters. The van der Waals surface area contributed by atoms with Crippen molar-refractivity contribution in [1.82, 2.24) is 15.1 Å². The van der Waals surface area contributed by atoms with Crippen LogP contribution in [-0.4, -0.2) is 22.2 Å². The van der Waals surface area contributed by atoms with Gasteiger partial charge in [0.1, 0.15) is 5.69 Å². The largest absolute Gasteiger partial charge is 0.354 e. The van der Waals surface area contributed by atoms with Gasteiger partial charge >= 0.3 is 0 Å². The molecule has 0 unspecified atom stereocenters. The van der Waals surface area contributed by atoms with Crippen molar-refractivity contribution in [2.75, 3.05) is 6.54 Å². The zero-order chi connectivity index (χ0) is 16.1. The van der Waals surface area contributed by atoms with E-state index < -0.39 is 0 Å². The molecule has 0 aliphatic carbocycles. The topological polar surface area (TPSA) is 46.9 Å². The molecule has 0 aliphatic heterocycles. The normalized spacial score (nSPS) is 10.7. The van der Waals surface area contributed by atoms with Crippen LogP contribution in [0.4, 0.5) is 0 Å².